The Morgan fingerprint density at radius 3 is 2.65 bits per heavy atom. The van der Waals surface area contributed by atoms with Crippen molar-refractivity contribution in [3.8, 4) is 0 Å². The number of rotatable bonds is 6. The van der Waals surface area contributed by atoms with Crippen molar-refractivity contribution in [1.29, 1.82) is 0 Å². The molecular weight excluding hydrogens is 252 g/mol. The molecule has 4 heteroatoms. The smallest absolute Gasteiger partial charge is 0.220 e. The Morgan fingerprint density at radius 2 is 2.05 bits per heavy atom. The van der Waals surface area contributed by atoms with Gasteiger partial charge in [-0.2, -0.15) is 0 Å². The molecule has 1 heterocycles. The first kappa shape index (κ1) is 14.3. The lowest BCUT2D eigenvalue weighted by Crippen LogP contribution is -2.26. The maximum Gasteiger partial charge on any atom is 0.220 e. The molecule has 0 saturated carbocycles. The molecule has 1 aromatic carbocycles. The first-order chi connectivity index (χ1) is 9.69. The van der Waals surface area contributed by atoms with E-state index in [-0.39, 0.29) is 11.9 Å². The second kappa shape index (κ2) is 6.91. The van der Waals surface area contributed by atoms with E-state index in [4.69, 9.17) is 10.2 Å². The summed E-state index contributed by atoms with van der Waals surface area (Å²) in [6.07, 6.45) is 2.67. The Balaban J connectivity index is 1.83. The van der Waals surface area contributed by atoms with Crippen LogP contribution in [0, 0.1) is 0 Å². The summed E-state index contributed by atoms with van der Waals surface area (Å²) in [4.78, 5) is 11.9. The number of hydrogen-bond donors (Lipinski definition) is 2. The van der Waals surface area contributed by atoms with Crippen molar-refractivity contribution in [3.05, 3.63) is 59.5 Å². The highest BCUT2D eigenvalue weighted by Gasteiger charge is 2.10. The minimum absolute atomic E-state index is 0.00840. The Hall–Kier alpha value is -2.07. The molecular formula is C16H20N2O2. The maximum atomic E-state index is 11.9. The third-order valence-electron chi connectivity index (χ3n) is 3.27. The number of carbonyl (C=O) groups excluding carboxylic acids is 1. The molecule has 1 amide bonds. The highest BCUT2D eigenvalue weighted by atomic mass is 16.3. The van der Waals surface area contributed by atoms with Gasteiger partial charge in [-0.3, -0.25) is 4.79 Å². The second-order valence-corrected chi connectivity index (χ2v) is 4.81. The van der Waals surface area contributed by atoms with Crippen LogP contribution in [-0.2, 0) is 17.8 Å². The third kappa shape index (κ3) is 3.96. The van der Waals surface area contributed by atoms with Gasteiger partial charge in [-0.1, -0.05) is 24.3 Å². The molecule has 0 aliphatic carbocycles. The summed E-state index contributed by atoms with van der Waals surface area (Å²) in [6, 6.07) is 11.7. The number of carbonyl (C=O) groups is 1. The van der Waals surface area contributed by atoms with Crippen LogP contribution in [0.2, 0.25) is 0 Å². The van der Waals surface area contributed by atoms with Crippen molar-refractivity contribution in [1.82, 2.24) is 5.32 Å². The maximum absolute atomic E-state index is 11.9. The fraction of sp³-hybridized carbons (Fsp3) is 0.312. The van der Waals surface area contributed by atoms with E-state index in [1.807, 2.05) is 43.3 Å². The lowest BCUT2D eigenvalue weighted by molar-refractivity contribution is -0.121. The van der Waals surface area contributed by atoms with Crippen LogP contribution in [0.25, 0.3) is 0 Å². The molecule has 0 fully saturated rings. The van der Waals surface area contributed by atoms with Crippen LogP contribution >= 0.6 is 0 Å². The van der Waals surface area contributed by atoms with E-state index in [0.29, 0.717) is 19.4 Å². The third-order valence-corrected chi connectivity index (χ3v) is 3.27. The van der Waals surface area contributed by atoms with E-state index in [2.05, 4.69) is 5.32 Å². The summed E-state index contributed by atoms with van der Waals surface area (Å²) < 4.78 is 5.21. The molecule has 2 rings (SSSR count). The van der Waals surface area contributed by atoms with Crippen molar-refractivity contribution < 1.29 is 9.21 Å². The summed E-state index contributed by atoms with van der Waals surface area (Å²) in [7, 11) is 0. The predicted molar refractivity (Wildman–Crippen MR) is 77.9 cm³/mol. The summed E-state index contributed by atoms with van der Waals surface area (Å²) in [5.74, 6) is 0.858. The van der Waals surface area contributed by atoms with Crippen molar-refractivity contribution in [2.75, 3.05) is 0 Å². The number of hydrogen-bond acceptors (Lipinski definition) is 3. The van der Waals surface area contributed by atoms with Gasteiger partial charge >= 0.3 is 0 Å². The number of amides is 1. The standard InChI is InChI=1S/C16H20N2O2/c1-12(14-6-4-13(11-17)5-7-14)18-16(19)9-8-15-3-2-10-20-15/h2-7,10,12H,8-9,11,17H2,1H3,(H,18,19). The van der Waals surface area contributed by atoms with Crippen LogP contribution in [0.4, 0.5) is 0 Å². The van der Waals surface area contributed by atoms with Gasteiger partial charge in [0.15, 0.2) is 0 Å². The fourth-order valence-electron chi connectivity index (χ4n) is 2.03. The molecule has 0 aliphatic rings. The number of benzene rings is 1. The molecule has 1 atom stereocenters. The van der Waals surface area contributed by atoms with Crippen LogP contribution < -0.4 is 11.1 Å². The molecule has 4 nitrogen and oxygen atoms in total. The molecule has 0 saturated heterocycles. The van der Waals surface area contributed by atoms with Gasteiger partial charge < -0.3 is 15.5 Å². The minimum atomic E-state index is -0.00840. The SMILES string of the molecule is CC(NC(=O)CCc1ccco1)c1ccc(CN)cc1. The summed E-state index contributed by atoms with van der Waals surface area (Å²) in [6.45, 7) is 2.51. The number of furan rings is 1. The van der Waals surface area contributed by atoms with Gasteiger partial charge in [0.2, 0.25) is 5.91 Å². The average molecular weight is 272 g/mol. The summed E-state index contributed by atoms with van der Waals surface area (Å²) in [5.41, 5.74) is 7.73. The quantitative estimate of drug-likeness (QED) is 0.849. The average Bonchev–Trinajstić information content (AvgIpc) is 2.98. The first-order valence-electron chi connectivity index (χ1n) is 6.79. The lowest BCUT2D eigenvalue weighted by Gasteiger charge is -2.14. The summed E-state index contributed by atoms with van der Waals surface area (Å²) >= 11 is 0. The molecule has 2 aromatic rings. The van der Waals surface area contributed by atoms with Crippen molar-refractivity contribution >= 4 is 5.91 Å². The topological polar surface area (TPSA) is 68.3 Å². The number of nitrogens with two attached hydrogens (primary N) is 1. The largest absolute Gasteiger partial charge is 0.469 e. The van der Waals surface area contributed by atoms with Crippen molar-refractivity contribution in [2.45, 2.75) is 32.4 Å². The molecule has 106 valence electrons. The first-order valence-corrected chi connectivity index (χ1v) is 6.79. The highest BCUT2D eigenvalue weighted by Crippen LogP contribution is 2.13. The molecule has 0 radical (unpaired) electrons. The molecule has 0 aliphatic heterocycles. The van der Waals surface area contributed by atoms with E-state index in [9.17, 15) is 4.79 Å². The Labute approximate surface area is 119 Å². The zero-order valence-electron chi connectivity index (χ0n) is 11.6. The molecule has 3 N–H and O–H groups in total. The zero-order valence-corrected chi connectivity index (χ0v) is 11.6. The normalized spacial score (nSPS) is 12.1. The van der Waals surface area contributed by atoms with E-state index >= 15 is 0 Å². The lowest BCUT2D eigenvalue weighted by atomic mass is 10.1. The van der Waals surface area contributed by atoms with Crippen molar-refractivity contribution in [2.24, 2.45) is 5.73 Å². The fourth-order valence-corrected chi connectivity index (χ4v) is 2.03. The Morgan fingerprint density at radius 1 is 1.30 bits per heavy atom. The molecule has 0 spiro atoms. The predicted octanol–water partition coefficient (Wildman–Crippen LogP) is 2.55. The van der Waals surface area contributed by atoms with E-state index in [1.165, 1.54) is 0 Å². The van der Waals surface area contributed by atoms with E-state index in [0.717, 1.165) is 16.9 Å². The van der Waals surface area contributed by atoms with Gasteiger partial charge in [0.25, 0.3) is 0 Å². The number of nitrogens with one attached hydrogen (secondary N) is 1. The summed E-state index contributed by atoms with van der Waals surface area (Å²) in [5, 5.41) is 2.98. The zero-order chi connectivity index (χ0) is 14.4. The van der Waals surface area contributed by atoms with Crippen molar-refractivity contribution in [3.63, 3.8) is 0 Å². The molecule has 1 unspecified atom stereocenters. The van der Waals surface area contributed by atoms with Gasteiger partial charge in [-0.25, -0.2) is 0 Å². The van der Waals surface area contributed by atoms with Gasteiger partial charge in [-0.15, -0.1) is 0 Å². The van der Waals surface area contributed by atoms with Crippen LogP contribution in [-0.4, -0.2) is 5.91 Å². The molecule has 20 heavy (non-hydrogen) atoms. The van der Waals surface area contributed by atoms with Gasteiger partial charge in [0.1, 0.15) is 5.76 Å². The highest BCUT2D eigenvalue weighted by molar-refractivity contribution is 5.76. The van der Waals surface area contributed by atoms with Gasteiger partial charge in [0, 0.05) is 19.4 Å². The Kier molecular flexibility index (Phi) is 4.96. The van der Waals surface area contributed by atoms with E-state index < -0.39 is 0 Å². The number of aryl methyl sites for hydroxylation is 1. The Bertz CT molecular complexity index is 532. The van der Waals surface area contributed by atoms with Crippen LogP contribution in [0.5, 0.6) is 0 Å². The van der Waals surface area contributed by atoms with Crippen LogP contribution in [0.15, 0.2) is 47.1 Å². The van der Waals surface area contributed by atoms with Gasteiger partial charge in [-0.05, 0) is 30.2 Å². The molecule has 0 bridgehead atoms. The second-order valence-electron chi connectivity index (χ2n) is 4.81. The van der Waals surface area contributed by atoms with Gasteiger partial charge in [0.05, 0.1) is 12.3 Å². The van der Waals surface area contributed by atoms with Crippen LogP contribution in [0.1, 0.15) is 36.3 Å². The van der Waals surface area contributed by atoms with Crippen LogP contribution in [0.3, 0.4) is 0 Å². The molecule has 1 aromatic heterocycles. The monoisotopic (exact) mass is 272 g/mol. The minimum Gasteiger partial charge on any atom is -0.469 e. The van der Waals surface area contributed by atoms with E-state index in [1.54, 1.807) is 6.26 Å².